The number of aromatic amines is 1. The van der Waals surface area contributed by atoms with E-state index in [2.05, 4.69) is 10.1 Å². The number of pyridine rings is 1. The molecule has 6 nitrogen and oxygen atoms in total. The highest BCUT2D eigenvalue weighted by molar-refractivity contribution is 6.43. The summed E-state index contributed by atoms with van der Waals surface area (Å²) in [5.74, 6) is -1.20. The summed E-state index contributed by atoms with van der Waals surface area (Å²) in [6.07, 6.45) is 0. The molecule has 0 aliphatic carbocycles. The first kappa shape index (κ1) is 14.6. The van der Waals surface area contributed by atoms with E-state index in [1.165, 1.54) is 10.7 Å². The monoisotopic (exact) mass is 337 g/mol. The summed E-state index contributed by atoms with van der Waals surface area (Å²) in [6.45, 7) is 1.65. The second kappa shape index (κ2) is 5.15. The number of hydrogen-bond donors (Lipinski definition) is 2. The maximum Gasteiger partial charge on any atom is 0.357 e. The van der Waals surface area contributed by atoms with Crippen LogP contribution in [-0.2, 0) is 0 Å². The van der Waals surface area contributed by atoms with Crippen molar-refractivity contribution < 1.29 is 9.90 Å². The zero-order chi connectivity index (χ0) is 16.0. The van der Waals surface area contributed by atoms with Crippen LogP contribution in [0.3, 0.4) is 0 Å². The molecule has 1 aromatic carbocycles. The zero-order valence-electron chi connectivity index (χ0n) is 11.2. The molecular weight excluding hydrogens is 329 g/mol. The Morgan fingerprint density at radius 3 is 2.77 bits per heavy atom. The number of aromatic nitrogens is 3. The molecule has 0 saturated heterocycles. The molecule has 0 bridgehead atoms. The largest absolute Gasteiger partial charge is 0.476 e. The van der Waals surface area contributed by atoms with Crippen LogP contribution in [0.15, 0.2) is 29.1 Å². The lowest BCUT2D eigenvalue weighted by Gasteiger charge is -2.07. The average molecular weight is 338 g/mol. The standard InChI is InChI=1S/C14H9Cl2N3O3/c1-6-5-9(20)17-13-10(6)12(14(21)22)18-19(13)8-4-2-3-7(15)11(8)16/h2-5H,1H3,(H,17,20)(H,21,22). The van der Waals surface area contributed by atoms with Gasteiger partial charge < -0.3 is 10.1 Å². The highest BCUT2D eigenvalue weighted by atomic mass is 35.5. The average Bonchev–Trinajstić information content (AvgIpc) is 2.81. The minimum absolute atomic E-state index is 0.167. The van der Waals surface area contributed by atoms with Crippen molar-refractivity contribution in [1.82, 2.24) is 14.8 Å². The van der Waals surface area contributed by atoms with Crippen LogP contribution in [0.4, 0.5) is 0 Å². The minimum atomic E-state index is -1.20. The lowest BCUT2D eigenvalue weighted by Crippen LogP contribution is -2.08. The number of carboxylic acids is 1. The Hall–Kier alpha value is -2.31. The van der Waals surface area contributed by atoms with Crippen LogP contribution in [0.25, 0.3) is 16.7 Å². The summed E-state index contributed by atoms with van der Waals surface area (Å²) in [4.78, 5) is 25.7. The van der Waals surface area contributed by atoms with Gasteiger partial charge >= 0.3 is 5.97 Å². The van der Waals surface area contributed by atoms with Crippen molar-refractivity contribution in [2.24, 2.45) is 0 Å². The number of nitrogens with one attached hydrogen (secondary N) is 1. The first-order chi connectivity index (χ1) is 10.4. The third-order valence-electron chi connectivity index (χ3n) is 3.23. The van der Waals surface area contributed by atoms with E-state index < -0.39 is 5.97 Å². The summed E-state index contributed by atoms with van der Waals surface area (Å²) in [5.41, 5.74) is 0.626. The molecule has 2 N–H and O–H groups in total. The van der Waals surface area contributed by atoms with Gasteiger partial charge in [0.25, 0.3) is 0 Å². The lowest BCUT2D eigenvalue weighted by molar-refractivity contribution is 0.0692. The van der Waals surface area contributed by atoms with E-state index in [0.29, 0.717) is 21.7 Å². The molecule has 22 heavy (non-hydrogen) atoms. The highest BCUT2D eigenvalue weighted by Crippen LogP contribution is 2.31. The Bertz CT molecular complexity index is 975. The number of fused-ring (bicyclic) bond motifs is 1. The molecule has 0 fully saturated rings. The summed E-state index contributed by atoms with van der Waals surface area (Å²) in [5, 5.41) is 14.3. The highest BCUT2D eigenvalue weighted by Gasteiger charge is 2.21. The summed E-state index contributed by atoms with van der Waals surface area (Å²) in [6, 6.07) is 6.21. The van der Waals surface area contributed by atoms with Gasteiger partial charge in [0.05, 0.1) is 21.1 Å². The molecule has 3 aromatic rings. The van der Waals surface area contributed by atoms with Crippen LogP contribution in [0.2, 0.25) is 10.0 Å². The lowest BCUT2D eigenvalue weighted by atomic mass is 10.1. The predicted molar refractivity (Wildman–Crippen MR) is 83.4 cm³/mol. The number of hydrogen-bond acceptors (Lipinski definition) is 3. The van der Waals surface area contributed by atoms with Crippen LogP contribution in [-0.4, -0.2) is 25.8 Å². The molecule has 0 spiro atoms. The molecule has 0 aliphatic heterocycles. The number of aryl methyl sites for hydroxylation is 1. The van der Waals surface area contributed by atoms with Gasteiger partial charge in [-0.3, -0.25) is 4.79 Å². The molecule has 0 amide bonds. The molecule has 0 saturated carbocycles. The molecule has 112 valence electrons. The second-order valence-electron chi connectivity index (χ2n) is 4.68. The van der Waals surface area contributed by atoms with Gasteiger partial charge in [-0.2, -0.15) is 5.10 Å². The van der Waals surface area contributed by atoms with E-state index in [1.807, 2.05) is 0 Å². The molecule has 0 atom stereocenters. The van der Waals surface area contributed by atoms with Crippen molar-refractivity contribution in [3.05, 3.63) is 55.9 Å². The van der Waals surface area contributed by atoms with E-state index in [4.69, 9.17) is 23.2 Å². The van der Waals surface area contributed by atoms with Crippen LogP contribution in [0, 0.1) is 6.92 Å². The molecule has 0 unspecified atom stereocenters. The Morgan fingerprint density at radius 1 is 1.36 bits per heavy atom. The SMILES string of the molecule is Cc1cc(=O)[nH]c2c1c(C(=O)O)nn2-c1cccc(Cl)c1Cl. The minimum Gasteiger partial charge on any atom is -0.476 e. The van der Waals surface area contributed by atoms with E-state index in [-0.39, 0.29) is 21.9 Å². The third kappa shape index (κ3) is 2.17. The van der Waals surface area contributed by atoms with Gasteiger partial charge in [0.2, 0.25) is 5.56 Å². The number of carboxylic acid groups (broad SMARTS) is 1. The summed E-state index contributed by atoms with van der Waals surface area (Å²) < 4.78 is 1.28. The third-order valence-corrected chi connectivity index (χ3v) is 4.04. The topological polar surface area (TPSA) is 88.0 Å². The molecule has 0 aliphatic rings. The number of aromatic carboxylic acids is 1. The van der Waals surface area contributed by atoms with Crippen LogP contribution in [0.1, 0.15) is 16.1 Å². The maximum atomic E-state index is 11.7. The molecule has 2 aromatic heterocycles. The number of H-pyrrole nitrogens is 1. The van der Waals surface area contributed by atoms with E-state index in [9.17, 15) is 14.7 Å². The number of carbonyl (C=O) groups is 1. The summed E-state index contributed by atoms with van der Waals surface area (Å²) >= 11 is 12.1. The zero-order valence-corrected chi connectivity index (χ0v) is 12.7. The van der Waals surface area contributed by atoms with E-state index >= 15 is 0 Å². The van der Waals surface area contributed by atoms with Crippen molar-refractivity contribution in [3.63, 3.8) is 0 Å². The Morgan fingerprint density at radius 2 is 2.09 bits per heavy atom. The van der Waals surface area contributed by atoms with Gasteiger partial charge in [-0.05, 0) is 24.6 Å². The molecular formula is C14H9Cl2N3O3. The quantitative estimate of drug-likeness (QED) is 0.752. The van der Waals surface area contributed by atoms with Crippen molar-refractivity contribution in [2.75, 3.05) is 0 Å². The fourth-order valence-corrected chi connectivity index (χ4v) is 2.68. The number of benzene rings is 1. The molecule has 2 heterocycles. The summed E-state index contributed by atoms with van der Waals surface area (Å²) in [7, 11) is 0. The number of rotatable bonds is 2. The predicted octanol–water partition coefficient (Wildman–Crippen LogP) is 3.03. The van der Waals surface area contributed by atoms with Gasteiger partial charge in [0.15, 0.2) is 5.69 Å². The molecule has 0 radical (unpaired) electrons. The van der Waals surface area contributed by atoms with Crippen LogP contribution < -0.4 is 5.56 Å². The van der Waals surface area contributed by atoms with Gasteiger partial charge in [-0.25, -0.2) is 9.48 Å². The Labute approximate surface area is 133 Å². The van der Waals surface area contributed by atoms with Crippen molar-refractivity contribution in [2.45, 2.75) is 6.92 Å². The van der Waals surface area contributed by atoms with E-state index in [1.54, 1.807) is 25.1 Å². The van der Waals surface area contributed by atoms with Gasteiger partial charge in [-0.15, -0.1) is 0 Å². The number of nitrogens with zero attached hydrogens (tertiary/aromatic N) is 2. The molecule has 8 heteroatoms. The van der Waals surface area contributed by atoms with Crippen LogP contribution in [0.5, 0.6) is 0 Å². The number of halogens is 2. The first-order valence-corrected chi connectivity index (χ1v) is 6.96. The fourth-order valence-electron chi connectivity index (χ4n) is 2.31. The Balaban J connectivity index is 2.47. The van der Waals surface area contributed by atoms with Crippen molar-refractivity contribution in [1.29, 1.82) is 0 Å². The van der Waals surface area contributed by atoms with Gasteiger partial charge in [0.1, 0.15) is 5.65 Å². The first-order valence-electron chi connectivity index (χ1n) is 6.20. The second-order valence-corrected chi connectivity index (χ2v) is 5.46. The normalized spacial score (nSPS) is 11.0. The smallest absolute Gasteiger partial charge is 0.357 e. The van der Waals surface area contributed by atoms with Crippen molar-refractivity contribution in [3.8, 4) is 5.69 Å². The van der Waals surface area contributed by atoms with Crippen molar-refractivity contribution >= 4 is 40.2 Å². The van der Waals surface area contributed by atoms with E-state index in [0.717, 1.165) is 0 Å². The molecule has 3 rings (SSSR count). The van der Waals surface area contributed by atoms with Crippen LogP contribution >= 0.6 is 23.2 Å². The van der Waals surface area contributed by atoms with Gasteiger partial charge in [0, 0.05) is 6.07 Å². The Kier molecular flexibility index (Phi) is 3.42. The maximum absolute atomic E-state index is 11.7. The van der Waals surface area contributed by atoms with Gasteiger partial charge in [-0.1, -0.05) is 29.3 Å². The fraction of sp³-hybridized carbons (Fsp3) is 0.0714.